The van der Waals surface area contributed by atoms with Crippen molar-refractivity contribution in [2.24, 2.45) is 0 Å². The zero-order chi connectivity index (χ0) is 16.1. The Labute approximate surface area is 140 Å². The predicted octanol–water partition coefficient (Wildman–Crippen LogP) is 3.12. The number of nitrogens with zero attached hydrogens (tertiary/aromatic N) is 2. The lowest BCUT2D eigenvalue weighted by Crippen LogP contribution is -2.48. The van der Waals surface area contributed by atoms with E-state index in [1.165, 1.54) is 5.69 Å². The van der Waals surface area contributed by atoms with Crippen LogP contribution in [0.5, 0.6) is 5.75 Å². The Hall–Kier alpha value is -2.27. The number of methoxy groups -OCH3 is 1. The zero-order valence-electron chi connectivity index (χ0n) is 13.1. The van der Waals surface area contributed by atoms with Gasteiger partial charge in [-0.2, -0.15) is 0 Å². The fraction of sp³-hybridized carbons (Fsp3) is 0.278. The second-order valence-corrected chi connectivity index (χ2v) is 6.34. The molecule has 1 amide bonds. The predicted molar refractivity (Wildman–Crippen MR) is 95.1 cm³/mol. The normalized spacial score (nSPS) is 15.2. The van der Waals surface area contributed by atoms with Crippen molar-refractivity contribution >= 4 is 29.0 Å². The SMILES string of the molecule is COc1ccc(N2CCN(C(=O)C=Cc3cccs3)CC2)cc1. The quantitative estimate of drug-likeness (QED) is 0.809. The van der Waals surface area contributed by atoms with E-state index in [0.717, 1.165) is 36.8 Å². The third-order valence-corrected chi connectivity index (χ3v) is 4.80. The molecule has 4 nitrogen and oxygen atoms in total. The summed E-state index contributed by atoms with van der Waals surface area (Å²) in [4.78, 5) is 17.5. The number of ether oxygens (including phenoxy) is 1. The van der Waals surface area contributed by atoms with Gasteiger partial charge in [-0.05, 0) is 41.8 Å². The van der Waals surface area contributed by atoms with Gasteiger partial charge in [-0.15, -0.1) is 11.3 Å². The standard InChI is InChI=1S/C18H20N2O2S/c1-22-16-6-4-15(5-7-16)19-10-12-20(13-11-19)18(21)9-8-17-3-2-14-23-17/h2-9,14H,10-13H2,1H3. The summed E-state index contributed by atoms with van der Waals surface area (Å²) in [7, 11) is 1.67. The molecule has 1 aromatic carbocycles. The number of thiophene rings is 1. The molecule has 0 N–H and O–H groups in total. The molecule has 2 aromatic rings. The minimum atomic E-state index is 0.0905. The van der Waals surface area contributed by atoms with Gasteiger partial charge in [0.1, 0.15) is 5.75 Å². The number of rotatable bonds is 4. The number of piperazine rings is 1. The van der Waals surface area contributed by atoms with Crippen LogP contribution in [0, 0.1) is 0 Å². The number of benzene rings is 1. The topological polar surface area (TPSA) is 32.8 Å². The summed E-state index contributed by atoms with van der Waals surface area (Å²) in [6, 6.07) is 12.1. The first-order valence-electron chi connectivity index (χ1n) is 7.66. The summed E-state index contributed by atoms with van der Waals surface area (Å²) in [5.74, 6) is 0.953. The molecule has 1 fully saturated rings. The molecular formula is C18H20N2O2S. The van der Waals surface area contributed by atoms with E-state index >= 15 is 0 Å². The highest BCUT2D eigenvalue weighted by atomic mass is 32.1. The van der Waals surface area contributed by atoms with Gasteiger partial charge in [0.25, 0.3) is 0 Å². The second-order valence-electron chi connectivity index (χ2n) is 5.36. The lowest BCUT2D eigenvalue weighted by molar-refractivity contribution is -0.126. The van der Waals surface area contributed by atoms with E-state index in [9.17, 15) is 4.79 Å². The Balaban J connectivity index is 1.54. The van der Waals surface area contributed by atoms with Crippen molar-refractivity contribution in [2.75, 3.05) is 38.2 Å². The van der Waals surface area contributed by atoms with Crippen molar-refractivity contribution in [2.45, 2.75) is 0 Å². The number of amides is 1. The van der Waals surface area contributed by atoms with Gasteiger partial charge in [-0.25, -0.2) is 0 Å². The molecule has 3 rings (SSSR count). The Bertz CT molecular complexity index is 657. The summed E-state index contributed by atoms with van der Waals surface area (Å²) in [5.41, 5.74) is 1.17. The van der Waals surface area contributed by atoms with Gasteiger partial charge in [0, 0.05) is 42.8 Å². The zero-order valence-corrected chi connectivity index (χ0v) is 14.0. The Morgan fingerprint density at radius 3 is 2.48 bits per heavy atom. The first kappa shape index (κ1) is 15.6. The van der Waals surface area contributed by atoms with Gasteiger partial charge in [-0.3, -0.25) is 4.79 Å². The number of hydrogen-bond donors (Lipinski definition) is 0. The largest absolute Gasteiger partial charge is 0.497 e. The third-order valence-electron chi connectivity index (χ3n) is 3.96. The van der Waals surface area contributed by atoms with E-state index < -0.39 is 0 Å². The second kappa shape index (κ2) is 7.33. The van der Waals surface area contributed by atoms with E-state index in [2.05, 4.69) is 17.0 Å². The van der Waals surface area contributed by atoms with E-state index in [1.54, 1.807) is 24.5 Å². The Morgan fingerprint density at radius 2 is 1.87 bits per heavy atom. The van der Waals surface area contributed by atoms with Crippen LogP contribution in [0.15, 0.2) is 47.9 Å². The van der Waals surface area contributed by atoms with Crippen LogP contribution in [-0.2, 0) is 4.79 Å². The third kappa shape index (κ3) is 3.93. The van der Waals surface area contributed by atoms with Crippen LogP contribution >= 0.6 is 11.3 Å². The molecule has 1 aliphatic rings. The summed E-state index contributed by atoms with van der Waals surface area (Å²) in [6.45, 7) is 3.20. The van der Waals surface area contributed by atoms with Crippen molar-refractivity contribution in [3.63, 3.8) is 0 Å². The molecule has 0 spiro atoms. The van der Waals surface area contributed by atoms with Crippen molar-refractivity contribution in [3.8, 4) is 5.75 Å². The number of carbonyl (C=O) groups is 1. The van der Waals surface area contributed by atoms with Crippen molar-refractivity contribution in [3.05, 3.63) is 52.7 Å². The minimum Gasteiger partial charge on any atom is -0.497 e. The van der Waals surface area contributed by atoms with Crippen LogP contribution in [0.4, 0.5) is 5.69 Å². The van der Waals surface area contributed by atoms with E-state index in [1.807, 2.05) is 40.6 Å². The van der Waals surface area contributed by atoms with Crippen LogP contribution in [0.1, 0.15) is 4.88 Å². The van der Waals surface area contributed by atoms with E-state index in [-0.39, 0.29) is 5.91 Å². The molecule has 0 unspecified atom stereocenters. The average molecular weight is 328 g/mol. The lowest BCUT2D eigenvalue weighted by atomic mass is 10.2. The molecule has 0 aliphatic carbocycles. The van der Waals surface area contributed by atoms with Gasteiger partial charge in [-0.1, -0.05) is 6.07 Å². The highest BCUT2D eigenvalue weighted by Gasteiger charge is 2.19. The molecule has 0 atom stereocenters. The summed E-state index contributed by atoms with van der Waals surface area (Å²) < 4.78 is 5.18. The van der Waals surface area contributed by atoms with Crippen LogP contribution < -0.4 is 9.64 Å². The molecule has 23 heavy (non-hydrogen) atoms. The molecule has 0 bridgehead atoms. The van der Waals surface area contributed by atoms with Crippen molar-refractivity contribution in [1.29, 1.82) is 0 Å². The highest BCUT2D eigenvalue weighted by Crippen LogP contribution is 2.20. The maximum atomic E-state index is 12.2. The van der Waals surface area contributed by atoms with Gasteiger partial charge >= 0.3 is 0 Å². The molecule has 1 aromatic heterocycles. The summed E-state index contributed by atoms with van der Waals surface area (Å²) in [6.07, 6.45) is 3.57. The minimum absolute atomic E-state index is 0.0905. The van der Waals surface area contributed by atoms with Gasteiger partial charge < -0.3 is 14.5 Å². The Morgan fingerprint density at radius 1 is 1.13 bits per heavy atom. The summed E-state index contributed by atoms with van der Waals surface area (Å²) in [5, 5.41) is 2.01. The van der Waals surface area contributed by atoms with Crippen LogP contribution in [-0.4, -0.2) is 44.1 Å². The number of anilines is 1. The number of hydrogen-bond acceptors (Lipinski definition) is 4. The van der Waals surface area contributed by atoms with Crippen LogP contribution in [0.25, 0.3) is 6.08 Å². The Kier molecular flexibility index (Phi) is 4.98. The van der Waals surface area contributed by atoms with Crippen LogP contribution in [0.2, 0.25) is 0 Å². The molecule has 2 heterocycles. The first-order valence-corrected chi connectivity index (χ1v) is 8.54. The molecule has 1 saturated heterocycles. The molecular weight excluding hydrogens is 308 g/mol. The van der Waals surface area contributed by atoms with Gasteiger partial charge in [0.2, 0.25) is 5.91 Å². The molecule has 120 valence electrons. The molecule has 0 radical (unpaired) electrons. The smallest absolute Gasteiger partial charge is 0.246 e. The number of carbonyl (C=O) groups excluding carboxylic acids is 1. The molecule has 1 aliphatic heterocycles. The van der Waals surface area contributed by atoms with E-state index in [4.69, 9.17) is 4.74 Å². The maximum absolute atomic E-state index is 12.2. The fourth-order valence-corrected chi connectivity index (χ4v) is 3.24. The maximum Gasteiger partial charge on any atom is 0.246 e. The average Bonchev–Trinajstić information content (AvgIpc) is 3.13. The van der Waals surface area contributed by atoms with Gasteiger partial charge in [0.05, 0.1) is 7.11 Å². The van der Waals surface area contributed by atoms with Crippen molar-refractivity contribution in [1.82, 2.24) is 4.90 Å². The van der Waals surface area contributed by atoms with Crippen molar-refractivity contribution < 1.29 is 9.53 Å². The molecule has 5 heteroatoms. The molecule has 0 saturated carbocycles. The van der Waals surface area contributed by atoms with E-state index in [0.29, 0.717) is 0 Å². The lowest BCUT2D eigenvalue weighted by Gasteiger charge is -2.35. The monoisotopic (exact) mass is 328 g/mol. The first-order chi connectivity index (χ1) is 11.3. The van der Waals surface area contributed by atoms with Gasteiger partial charge in [0.15, 0.2) is 0 Å². The highest BCUT2D eigenvalue weighted by molar-refractivity contribution is 7.10. The van der Waals surface area contributed by atoms with Crippen LogP contribution in [0.3, 0.4) is 0 Å². The fourth-order valence-electron chi connectivity index (χ4n) is 2.62. The summed E-state index contributed by atoms with van der Waals surface area (Å²) >= 11 is 1.64.